The standard InChI is InChI=1S/C21H42O3Si2/c1-16(15-25-24-19(2,3)4)18(22)23-26(20(5,6)7,21(8,9)10)17-13-11-12-14-17/h16-17H,11-15H2,1-10H3. The van der Waals surface area contributed by atoms with E-state index in [-0.39, 0.29) is 27.6 Å². The zero-order valence-corrected chi connectivity index (χ0v) is 20.9. The average molecular weight is 399 g/mol. The number of hydrogen-bond acceptors (Lipinski definition) is 3. The van der Waals surface area contributed by atoms with E-state index in [9.17, 15) is 4.79 Å². The van der Waals surface area contributed by atoms with Crippen molar-refractivity contribution in [2.75, 3.05) is 0 Å². The number of carbonyl (C=O) groups is 1. The Bertz CT molecular complexity index is 449. The normalized spacial score (nSPS) is 18.8. The van der Waals surface area contributed by atoms with E-state index in [0.29, 0.717) is 15.3 Å². The first-order valence-electron chi connectivity index (χ1n) is 10.3. The second-order valence-electron chi connectivity index (χ2n) is 11.1. The fourth-order valence-corrected chi connectivity index (χ4v) is 12.9. The van der Waals surface area contributed by atoms with Crippen LogP contribution in [-0.4, -0.2) is 29.7 Å². The summed E-state index contributed by atoms with van der Waals surface area (Å²) in [5.74, 6) is -0.105. The molecule has 0 bridgehead atoms. The van der Waals surface area contributed by atoms with Crippen LogP contribution in [0.5, 0.6) is 0 Å². The Balaban J connectivity index is 3.00. The predicted molar refractivity (Wildman–Crippen MR) is 114 cm³/mol. The predicted octanol–water partition coefficient (Wildman–Crippen LogP) is 6.51. The van der Waals surface area contributed by atoms with E-state index < -0.39 is 8.32 Å². The van der Waals surface area contributed by atoms with Gasteiger partial charge in [0.05, 0.1) is 5.92 Å². The smallest absolute Gasteiger partial charge is 0.295 e. The van der Waals surface area contributed by atoms with Crippen LogP contribution >= 0.6 is 0 Å². The van der Waals surface area contributed by atoms with Crippen LogP contribution < -0.4 is 0 Å². The van der Waals surface area contributed by atoms with E-state index in [1.54, 1.807) is 0 Å². The van der Waals surface area contributed by atoms with Crippen molar-refractivity contribution >= 4 is 24.0 Å². The minimum atomic E-state index is -2.35. The van der Waals surface area contributed by atoms with Gasteiger partial charge in [-0.05, 0) is 55.3 Å². The summed E-state index contributed by atoms with van der Waals surface area (Å²) in [6.07, 6.45) is 4.99. The third-order valence-corrected chi connectivity index (χ3v) is 13.8. The van der Waals surface area contributed by atoms with E-state index in [0.717, 1.165) is 6.04 Å². The van der Waals surface area contributed by atoms with Crippen molar-refractivity contribution in [2.24, 2.45) is 5.92 Å². The molecule has 1 unspecified atom stereocenters. The average Bonchev–Trinajstić information content (AvgIpc) is 2.93. The molecule has 1 atom stereocenters. The van der Waals surface area contributed by atoms with Gasteiger partial charge in [0.2, 0.25) is 9.76 Å². The monoisotopic (exact) mass is 398 g/mol. The molecule has 0 aromatic rings. The van der Waals surface area contributed by atoms with Gasteiger partial charge in [0.1, 0.15) is 0 Å². The summed E-state index contributed by atoms with van der Waals surface area (Å²) in [4.78, 5) is 13.1. The lowest BCUT2D eigenvalue weighted by Crippen LogP contribution is -2.59. The van der Waals surface area contributed by atoms with Gasteiger partial charge in [0, 0.05) is 5.60 Å². The van der Waals surface area contributed by atoms with Crippen LogP contribution in [-0.2, 0) is 13.6 Å². The van der Waals surface area contributed by atoms with Gasteiger partial charge in [0.25, 0.3) is 14.3 Å². The molecule has 3 nitrogen and oxygen atoms in total. The lowest BCUT2D eigenvalue weighted by Gasteiger charge is -2.53. The van der Waals surface area contributed by atoms with Crippen LogP contribution in [0.2, 0.25) is 21.7 Å². The van der Waals surface area contributed by atoms with Gasteiger partial charge in [-0.15, -0.1) is 0 Å². The van der Waals surface area contributed by atoms with Crippen LogP contribution in [0.25, 0.3) is 0 Å². The molecule has 0 N–H and O–H groups in total. The van der Waals surface area contributed by atoms with Crippen molar-refractivity contribution in [1.82, 2.24) is 0 Å². The van der Waals surface area contributed by atoms with Crippen molar-refractivity contribution in [3.63, 3.8) is 0 Å². The Kier molecular flexibility index (Phi) is 7.80. The summed E-state index contributed by atoms with van der Waals surface area (Å²) in [6.45, 7) is 21.9. The highest BCUT2D eigenvalue weighted by molar-refractivity contribution is 6.82. The maximum atomic E-state index is 13.1. The molecular formula is C21H42O3Si2. The SMILES string of the molecule is CC(C[Si]OC(C)(C)C)C(=O)O[Si](C1CCCC1)(C(C)(C)C)C(C)(C)C. The Morgan fingerprint density at radius 3 is 1.85 bits per heavy atom. The van der Waals surface area contributed by atoms with Crippen molar-refractivity contribution in [2.45, 2.75) is 122 Å². The van der Waals surface area contributed by atoms with Crippen LogP contribution in [0, 0.1) is 5.92 Å². The molecule has 2 radical (unpaired) electrons. The Morgan fingerprint density at radius 1 is 1.00 bits per heavy atom. The first-order valence-corrected chi connectivity index (χ1v) is 13.4. The van der Waals surface area contributed by atoms with Crippen LogP contribution in [0.15, 0.2) is 0 Å². The molecule has 0 aliphatic heterocycles. The van der Waals surface area contributed by atoms with Gasteiger partial charge in [-0.2, -0.15) is 0 Å². The fourth-order valence-electron chi connectivity index (χ4n) is 4.80. The van der Waals surface area contributed by atoms with E-state index in [4.69, 9.17) is 8.85 Å². The van der Waals surface area contributed by atoms with E-state index in [1.807, 2.05) is 6.92 Å². The van der Waals surface area contributed by atoms with Crippen molar-refractivity contribution in [3.8, 4) is 0 Å². The first kappa shape index (κ1) is 23.9. The van der Waals surface area contributed by atoms with Gasteiger partial charge in [-0.25, -0.2) is 0 Å². The molecule has 1 saturated carbocycles. The second-order valence-corrected chi connectivity index (χ2v) is 17.5. The largest absolute Gasteiger partial charge is 0.517 e. The van der Waals surface area contributed by atoms with Crippen molar-refractivity contribution < 1.29 is 13.6 Å². The van der Waals surface area contributed by atoms with Crippen molar-refractivity contribution in [1.29, 1.82) is 0 Å². The zero-order chi connectivity index (χ0) is 20.4. The van der Waals surface area contributed by atoms with Gasteiger partial charge < -0.3 is 8.85 Å². The molecule has 1 aliphatic rings. The van der Waals surface area contributed by atoms with E-state index in [1.165, 1.54) is 25.7 Å². The molecular weight excluding hydrogens is 356 g/mol. The number of hydrogen-bond donors (Lipinski definition) is 0. The molecule has 152 valence electrons. The summed E-state index contributed by atoms with van der Waals surface area (Å²) in [7, 11) is -2.02. The van der Waals surface area contributed by atoms with Gasteiger partial charge >= 0.3 is 0 Å². The Hall–Kier alpha value is -0.136. The summed E-state index contributed by atoms with van der Waals surface area (Å²) < 4.78 is 12.5. The molecule has 1 rings (SSSR count). The van der Waals surface area contributed by atoms with Gasteiger partial charge in [-0.3, -0.25) is 4.79 Å². The fraction of sp³-hybridized carbons (Fsp3) is 0.952. The van der Waals surface area contributed by atoms with Crippen LogP contribution in [0.3, 0.4) is 0 Å². The molecule has 0 aromatic heterocycles. The van der Waals surface area contributed by atoms with Crippen LogP contribution in [0.4, 0.5) is 0 Å². The minimum absolute atomic E-state index is 0.00146. The molecule has 0 amide bonds. The second kappa shape index (κ2) is 8.48. The van der Waals surface area contributed by atoms with E-state index in [2.05, 4.69) is 62.3 Å². The molecule has 5 heteroatoms. The highest BCUT2D eigenvalue weighted by atomic mass is 28.4. The lowest BCUT2D eigenvalue weighted by molar-refractivity contribution is -0.139. The van der Waals surface area contributed by atoms with Crippen molar-refractivity contribution in [3.05, 3.63) is 0 Å². The summed E-state index contributed by atoms with van der Waals surface area (Å²) in [5.41, 5.74) is 0.424. The molecule has 0 heterocycles. The molecule has 1 fully saturated rings. The Labute approximate surface area is 166 Å². The zero-order valence-electron chi connectivity index (χ0n) is 18.9. The summed E-state index contributed by atoms with van der Waals surface area (Å²) in [5, 5.41) is 0.0552. The molecule has 26 heavy (non-hydrogen) atoms. The number of carbonyl (C=O) groups excluding carboxylic acids is 1. The number of rotatable bonds is 6. The maximum Gasteiger partial charge on any atom is 0.295 e. The highest BCUT2D eigenvalue weighted by Crippen LogP contribution is 2.61. The van der Waals surface area contributed by atoms with Crippen LogP contribution in [0.1, 0.15) is 94.9 Å². The first-order chi connectivity index (χ1) is 11.6. The topological polar surface area (TPSA) is 35.5 Å². The Morgan fingerprint density at radius 2 is 1.46 bits per heavy atom. The maximum absolute atomic E-state index is 13.1. The van der Waals surface area contributed by atoms with E-state index >= 15 is 0 Å². The lowest BCUT2D eigenvalue weighted by atomic mass is 10.2. The summed E-state index contributed by atoms with van der Waals surface area (Å²) >= 11 is 0. The minimum Gasteiger partial charge on any atom is -0.517 e. The highest BCUT2D eigenvalue weighted by Gasteiger charge is 2.62. The summed E-state index contributed by atoms with van der Waals surface area (Å²) in [6, 6.07) is 0.750. The molecule has 1 aliphatic carbocycles. The molecule has 0 aromatic carbocycles. The van der Waals surface area contributed by atoms with Gasteiger partial charge in [-0.1, -0.05) is 61.3 Å². The van der Waals surface area contributed by atoms with Gasteiger partial charge in [0.15, 0.2) is 0 Å². The third-order valence-electron chi connectivity index (χ3n) is 5.59. The quantitative estimate of drug-likeness (QED) is 0.478. The molecule has 0 saturated heterocycles. The molecule has 0 spiro atoms. The third kappa shape index (κ3) is 5.68.